The van der Waals surface area contributed by atoms with E-state index >= 15 is 0 Å². The first-order chi connectivity index (χ1) is 9.93. The molecule has 6 nitrogen and oxygen atoms in total. The van der Waals surface area contributed by atoms with Gasteiger partial charge >= 0.3 is 0 Å². The first-order valence-electron chi connectivity index (χ1n) is 6.08. The topological polar surface area (TPSA) is 93.1 Å². The van der Waals surface area contributed by atoms with Crippen molar-refractivity contribution in [3.8, 4) is 17.2 Å². The van der Waals surface area contributed by atoms with E-state index in [1.807, 2.05) is 5.38 Å². The van der Waals surface area contributed by atoms with Crippen molar-refractivity contribution >= 4 is 21.5 Å². The Hall–Kier alpha value is -1.77. The third kappa shape index (κ3) is 2.97. The van der Waals surface area contributed by atoms with Gasteiger partial charge in [-0.05, 0) is 23.8 Å². The zero-order chi connectivity index (χ0) is 15.0. The van der Waals surface area contributed by atoms with Crippen molar-refractivity contribution in [3.63, 3.8) is 0 Å². The molecule has 3 rings (SSSR count). The highest BCUT2D eigenvalue weighted by molar-refractivity contribution is 7.85. The van der Waals surface area contributed by atoms with Crippen molar-refractivity contribution in [2.75, 3.05) is 6.61 Å². The smallest absolute Gasteiger partial charge is 0.294 e. The lowest BCUT2D eigenvalue weighted by Gasteiger charge is -2.25. The Morgan fingerprint density at radius 1 is 1.29 bits per heavy atom. The molecule has 1 aromatic carbocycles. The first-order valence-corrected chi connectivity index (χ1v) is 8.47. The average Bonchev–Trinajstić information content (AvgIpc) is 2.84. The number of phenolic OH excluding ortho intramolecular Hbond substituents is 1. The van der Waals surface area contributed by atoms with Crippen LogP contribution >= 0.6 is 11.3 Å². The second-order valence-corrected chi connectivity index (χ2v) is 6.76. The van der Waals surface area contributed by atoms with Crippen LogP contribution in [0.2, 0.25) is 0 Å². The van der Waals surface area contributed by atoms with E-state index in [2.05, 4.69) is 0 Å². The maximum atomic E-state index is 11.4. The van der Waals surface area contributed by atoms with E-state index < -0.39 is 16.2 Å². The van der Waals surface area contributed by atoms with Gasteiger partial charge < -0.3 is 14.6 Å². The van der Waals surface area contributed by atoms with E-state index in [4.69, 9.17) is 9.47 Å². The highest BCUT2D eigenvalue weighted by atomic mass is 32.2. The fourth-order valence-electron chi connectivity index (χ4n) is 2.18. The summed E-state index contributed by atoms with van der Waals surface area (Å²) in [6.07, 6.45) is -0.201. The maximum Gasteiger partial charge on any atom is 0.294 e. The molecule has 112 valence electrons. The summed E-state index contributed by atoms with van der Waals surface area (Å²) >= 11 is 1.45. The van der Waals surface area contributed by atoms with Crippen LogP contribution < -0.4 is 9.47 Å². The summed E-state index contributed by atoms with van der Waals surface area (Å²) < 4.78 is 43.2. The summed E-state index contributed by atoms with van der Waals surface area (Å²) in [6.45, 7) is 0.268. The van der Waals surface area contributed by atoms with E-state index in [-0.39, 0.29) is 29.2 Å². The lowest BCUT2D eigenvalue weighted by atomic mass is 10.1. The van der Waals surface area contributed by atoms with Crippen LogP contribution in [0, 0.1) is 0 Å². The van der Waals surface area contributed by atoms with Gasteiger partial charge in [0.2, 0.25) is 0 Å². The van der Waals surface area contributed by atoms with Crippen LogP contribution in [0.25, 0.3) is 0 Å². The molecular formula is C13H12O6S2. The third-order valence-electron chi connectivity index (χ3n) is 3.08. The van der Waals surface area contributed by atoms with Crippen molar-refractivity contribution in [1.29, 1.82) is 0 Å². The molecule has 0 fully saturated rings. The van der Waals surface area contributed by atoms with Gasteiger partial charge in [0.1, 0.15) is 18.5 Å². The number of aromatic hydroxyl groups is 1. The molecule has 2 aromatic rings. The Kier molecular flexibility index (Phi) is 3.52. The molecule has 2 N–H and O–H groups in total. The number of thiophene rings is 1. The molecule has 1 aliphatic rings. The predicted octanol–water partition coefficient (Wildman–Crippen LogP) is 2.08. The number of ether oxygens (including phenoxy) is 2. The molecule has 0 amide bonds. The quantitative estimate of drug-likeness (QED) is 0.838. The van der Waals surface area contributed by atoms with Crippen LogP contribution in [0.3, 0.4) is 0 Å². The van der Waals surface area contributed by atoms with Gasteiger partial charge in [0, 0.05) is 17.2 Å². The largest absolute Gasteiger partial charge is 0.508 e. The average molecular weight is 328 g/mol. The second kappa shape index (κ2) is 5.21. The minimum Gasteiger partial charge on any atom is -0.508 e. The molecule has 0 saturated carbocycles. The lowest BCUT2D eigenvalue weighted by Crippen LogP contribution is -2.31. The van der Waals surface area contributed by atoms with Crippen LogP contribution in [-0.4, -0.2) is 30.8 Å². The minimum absolute atomic E-state index is 0.0784. The Bertz CT molecular complexity index is 765. The molecule has 21 heavy (non-hydrogen) atoms. The van der Waals surface area contributed by atoms with E-state index in [1.165, 1.54) is 29.5 Å². The number of benzene rings is 1. The normalized spacial score (nSPS) is 17.7. The van der Waals surface area contributed by atoms with Gasteiger partial charge in [-0.25, -0.2) is 0 Å². The highest BCUT2D eigenvalue weighted by Crippen LogP contribution is 2.36. The molecule has 1 unspecified atom stereocenters. The number of fused-ring (bicyclic) bond motifs is 1. The first kappa shape index (κ1) is 14.2. The number of rotatable bonds is 3. The summed E-state index contributed by atoms with van der Waals surface area (Å²) in [4.78, 5) is -0.236. The van der Waals surface area contributed by atoms with Crippen molar-refractivity contribution in [2.24, 2.45) is 0 Å². The van der Waals surface area contributed by atoms with Crippen LogP contribution in [0.1, 0.15) is 5.56 Å². The van der Waals surface area contributed by atoms with Gasteiger partial charge in [0.05, 0.1) is 4.90 Å². The molecule has 0 saturated heterocycles. The van der Waals surface area contributed by atoms with Crippen LogP contribution in [0.5, 0.6) is 17.2 Å². The maximum absolute atomic E-state index is 11.4. The van der Waals surface area contributed by atoms with Crippen LogP contribution in [0.15, 0.2) is 33.9 Å². The Labute approximate surface area is 125 Å². The van der Waals surface area contributed by atoms with Crippen molar-refractivity contribution in [2.45, 2.75) is 17.4 Å². The molecule has 2 heterocycles. The molecule has 0 spiro atoms. The summed E-state index contributed by atoms with van der Waals surface area (Å²) in [6, 6.07) is 3.68. The van der Waals surface area contributed by atoms with E-state index in [9.17, 15) is 18.1 Å². The van der Waals surface area contributed by atoms with E-state index in [0.29, 0.717) is 11.5 Å². The molecule has 1 atom stereocenters. The SMILES string of the molecule is O=S(=O)(O)c1ccc(O)cc1CC1COc2cscc2O1. The van der Waals surface area contributed by atoms with E-state index in [1.54, 1.807) is 5.38 Å². The van der Waals surface area contributed by atoms with Crippen LogP contribution in [0.4, 0.5) is 0 Å². The fourth-order valence-corrected chi connectivity index (χ4v) is 3.57. The second-order valence-electron chi connectivity index (χ2n) is 4.62. The standard InChI is InChI=1S/C13H12O6S2/c14-9-1-2-13(21(15,16)17)8(3-9)4-10-5-18-11-6-20-7-12(11)19-10/h1-3,6-7,10,14H,4-5H2,(H,15,16,17). The van der Waals surface area contributed by atoms with Gasteiger partial charge in [-0.1, -0.05) is 0 Å². The monoisotopic (exact) mass is 328 g/mol. The Morgan fingerprint density at radius 2 is 2.05 bits per heavy atom. The fraction of sp³-hybridized carbons (Fsp3) is 0.231. The van der Waals surface area contributed by atoms with Gasteiger partial charge in [0.25, 0.3) is 10.1 Å². The zero-order valence-corrected chi connectivity index (χ0v) is 12.4. The van der Waals surface area contributed by atoms with Crippen LogP contribution in [-0.2, 0) is 16.5 Å². The van der Waals surface area contributed by atoms with Gasteiger partial charge in [-0.3, -0.25) is 4.55 Å². The zero-order valence-electron chi connectivity index (χ0n) is 10.7. The molecular weight excluding hydrogens is 316 g/mol. The summed E-state index contributed by atoms with van der Waals surface area (Å²) in [7, 11) is -4.36. The van der Waals surface area contributed by atoms with E-state index in [0.717, 1.165) is 0 Å². The van der Waals surface area contributed by atoms with Crippen molar-refractivity contribution in [1.82, 2.24) is 0 Å². The van der Waals surface area contributed by atoms with Crippen molar-refractivity contribution < 1.29 is 27.6 Å². The number of hydrogen-bond donors (Lipinski definition) is 2. The Morgan fingerprint density at radius 3 is 2.81 bits per heavy atom. The minimum atomic E-state index is -4.36. The Balaban J connectivity index is 1.87. The highest BCUT2D eigenvalue weighted by Gasteiger charge is 2.25. The predicted molar refractivity (Wildman–Crippen MR) is 75.9 cm³/mol. The molecule has 1 aliphatic heterocycles. The van der Waals surface area contributed by atoms with Crippen molar-refractivity contribution in [3.05, 3.63) is 34.5 Å². The molecule has 0 radical (unpaired) electrons. The number of hydrogen-bond acceptors (Lipinski definition) is 6. The molecule has 1 aromatic heterocycles. The molecule has 8 heteroatoms. The molecule has 0 aliphatic carbocycles. The third-order valence-corrected chi connectivity index (χ3v) is 4.74. The summed E-state index contributed by atoms with van der Waals surface area (Å²) in [5.41, 5.74) is 0.282. The van der Waals surface area contributed by atoms with Gasteiger partial charge in [-0.15, -0.1) is 11.3 Å². The lowest BCUT2D eigenvalue weighted by molar-refractivity contribution is 0.0922. The summed E-state index contributed by atoms with van der Waals surface area (Å²) in [5, 5.41) is 13.1. The van der Waals surface area contributed by atoms with Gasteiger partial charge in [-0.2, -0.15) is 8.42 Å². The number of phenols is 1. The molecule has 0 bridgehead atoms. The summed E-state index contributed by atoms with van der Waals surface area (Å²) in [5.74, 6) is 1.21. The van der Waals surface area contributed by atoms with Gasteiger partial charge in [0.15, 0.2) is 11.5 Å².